The number of nitrogens with one attached hydrogen (secondary N) is 1. The van der Waals surface area contributed by atoms with Crippen molar-refractivity contribution in [3.63, 3.8) is 0 Å². The number of nitrogen functional groups attached to an aromatic ring is 1. The number of nitrogens with two attached hydrogens (primary N) is 1. The quantitative estimate of drug-likeness (QED) is 0.852. The summed E-state index contributed by atoms with van der Waals surface area (Å²) in [7, 11) is 1.61. The van der Waals surface area contributed by atoms with Crippen molar-refractivity contribution in [2.24, 2.45) is 0 Å². The third-order valence-electron chi connectivity index (χ3n) is 2.50. The molecule has 2 aromatic rings. The average Bonchev–Trinajstić information content (AvgIpc) is 2.38. The number of rotatable bonds is 4. The zero-order chi connectivity index (χ0) is 13.0. The molecule has 2 rings (SSSR count). The lowest BCUT2D eigenvalue weighted by molar-refractivity contribution is 0.417. The van der Waals surface area contributed by atoms with Crippen molar-refractivity contribution in [3.05, 3.63) is 46.6 Å². The molecule has 0 bridgehead atoms. The second-order valence-electron chi connectivity index (χ2n) is 3.79. The Bertz CT molecular complexity index is 528. The molecule has 18 heavy (non-hydrogen) atoms. The number of hydrogen-bond donors (Lipinski definition) is 2. The van der Waals surface area contributed by atoms with Gasteiger partial charge in [0.1, 0.15) is 11.6 Å². The van der Waals surface area contributed by atoms with Crippen LogP contribution in [0.1, 0.15) is 5.56 Å². The van der Waals surface area contributed by atoms with Crippen LogP contribution >= 0.6 is 15.9 Å². The molecule has 5 heteroatoms. The predicted molar refractivity (Wildman–Crippen MR) is 76.7 cm³/mol. The Kier molecular flexibility index (Phi) is 4.04. The monoisotopic (exact) mass is 307 g/mol. The zero-order valence-corrected chi connectivity index (χ0v) is 11.6. The molecule has 1 aromatic carbocycles. The molecule has 0 radical (unpaired) electrons. The predicted octanol–water partition coefficient (Wildman–Crippen LogP) is 3.05. The normalized spacial score (nSPS) is 10.1. The molecule has 4 nitrogen and oxygen atoms in total. The largest absolute Gasteiger partial charge is 0.495 e. The van der Waals surface area contributed by atoms with Gasteiger partial charge in [-0.1, -0.05) is 6.07 Å². The molecule has 0 aliphatic carbocycles. The maximum atomic E-state index is 5.85. The SMILES string of the molecule is COc1ccc(CNc2ccc(Br)cn2)cc1N. The lowest BCUT2D eigenvalue weighted by Crippen LogP contribution is -2.02. The van der Waals surface area contributed by atoms with Crippen molar-refractivity contribution in [2.75, 3.05) is 18.2 Å². The minimum absolute atomic E-state index is 0.639. The molecule has 0 unspecified atom stereocenters. The highest BCUT2D eigenvalue weighted by Crippen LogP contribution is 2.22. The van der Waals surface area contributed by atoms with E-state index in [9.17, 15) is 0 Å². The van der Waals surface area contributed by atoms with E-state index in [1.165, 1.54) is 0 Å². The molecular formula is C13H14BrN3O. The van der Waals surface area contributed by atoms with Gasteiger partial charge in [0, 0.05) is 17.2 Å². The summed E-state index contributed by atoms with van der Waals surface area (Å²) in [6.45, 7) is 0.669. The maximum Gasteiger partial charge on any atom is 0.141 e. The van der Waals surface area contributed by atoms with Gasteiger partial charge in [-0.3, -0.25) is 0 Å². The summed E-state index contributed by atoms with van der Waals surface area (Å²) in [5.41, 5.74) is 7.57. The molecule has 0 atom stereocenters. The molecule has 94 valence electrons. The topological polar surface area (TPSA) is 60.2 Å². The van der Waals surface area contributed by atoms with Gasteiger partial charge in [-0.25, -0.2) is 4.98 Å². The molecule has 3 N–H and O–H groups in total. The Hall–Kier alpha value is -1.75. The Labute approximate surface area is 114 Å². The van der Waals surface area contributed by atoms with Crippen LogP contribution in [0.4, 0.5) is 11.5 Å². The molecule has 0 aliphatic heterocycles. The highest BCUT2D eigenvalue weighted by molar-refractivity contribution is 9.10. The molecule has 0 saturated carbocycles. The smallest absolute Gasteiger partial charge is 0.141 e. The fourth-order valence-corrected chi connectivity index (χ4v) is 1.80. The molecule has 0 amide bonds. The molecule has 0 aliphatic rings. The molecule has 0 spiro atoms. The summed E-state index contributed by atoms with van der Waals surface area (Å²) in [4.78, 5) is 4.24. The van der Waals surface area contributed by atoms with E-state index in [1.54, 1.807) is 13.3 Å². The van der Waals surface area contributed by atoms with E-state index < -0.39 is 0 Å². The van der Waals surface area contributed by atoms with Gasteiger partial charge in [0.25, 0.3) is 0 Å². The minimum Gasteiger partial charge on any atom is -0.495 e. The van der Waals surface area contributed by atoms with Crippen molar-refractivity contribution in [1.82, 2.24) is 4.98 Å². The van der Waals surface area contributed by atoms with Crippen molar-refractivity contribution in [3.8, 4) is 5.75 Å². The van der Waals surface area contributed by atoms with Crippen LogP contribution in [-0.2, 0) is 6.54 Å². The second-order valence-corrected chi connectivity index (χ2v) is 4.71. The third-order valence-corrected chi connectivity index (χ3v) is 2.96. The van der Waals surface area contributed by atoms with Gasteiger partial charge in [-0.2, -0.15) is 0 Å². The number of pyridine rings is 1. The highest BCUT2D eigenvalue weighted by Gasteiger charge is 2.01. The summed E-state index contributed by atoms with van der Waals surface area (Å²) in [6, 6.07) is 9.59. The van der Waals surface area contributed by atoms with Crippen LogP contribution in [0.2, 0.25) is 0 Å². The number of nitrogens with zero attached hydrogens (tertiary/aromatic N) is 1. The van der Waals surface area contributed by atoms with Crippen molar-refractivity contribution in [1.29, 1.82) is 0 Å². The zero-order valence-electron chi connectivity index (χ0n) is 9.98. The Morgan fingerprint density at radius 1 is 1.33 bits per heavy atom. The summed E-state index contributed by atoms with van der Waals surface area (Å²) >= 11 is 3.35. The lowest BCUT2D eigenvalue weighted by atomic mass is 10.2. The summed E-state index contributed by atoms with van der Waals surface area (Å²) in [5.74, 6) is 1.52. The number of halogens is 1. The number of hydrogen-bond acceptors (Lipinski definition) is 4. The number of anilines is 2. The van der Waals surface area contributed by atoms with Crippen LogP contribution in [0.15, 0.2) is 41.0 Å². The van der Waals surface area contributed by atoms with Gasteiger partial charge in [0.05, 0.1) is 12.8 Å². The first-order chi connectivity index (χ1) is 8.69. The number of aromatic nitrogens is 1. The third kappa shape index (κ3) is 3.13. The fourth-order valence-electron chi connectivity index (χ4n) is 1.57. The summed E-state index contributed by atoms with van der Waals surface area (Å²) < 4.78 is 6.07. The van der Waals surface area contributed by atoms with Crippen LogP contribution in [-0.4, -0.2) is 12.1 Å². The first-order valence-electron chi connectivity index (χ1n) is 5.47. The van der Waals surface area contributed by atoms with Gasteiger partial charge < -0.3 is 15.8 Å². The highest BCUT2D eigenvalue weighted by atomic mass is 79.9. The number of ether oxygens (including phenoxy) is 1. The summed E-state index contributed by atoms with van der Waals surface area (Å²) in [5, 5.41) is 3.22. The Morgan fingerprint density at radius 3 is 2.78 bits per heavy atom. The van der Waals surface area contributed by atoms with Gasteiger partial charge in [-0.05, 0) is 45.8 Å². The standard InChI is InChI=1S/C13H14BrN3O/c1-18-12-4-2-9(6-11(12)15)7-16-13-5-3-10(14)8-17-13/h2-6,8H,7,15H2,1H3,(H,16,17). The molecule has 1 heterocycles. The van der Waals surface area contributed by atoms with Gasteiger partial charge in [0.15, 0.2) is 0 Å². The van der Waals surface area contributed by atoms with Crippen molar-refractivity contribution in [2.45, 2.75) is 6.54 Å². The lowest BCUT2D eigenvalue weighted by Gasteiger charge is -2.08. The average molecular weight is 308 g/mol. The van der Waals surface area contributed by atoms with E-state index in [0.717, 1.165) is 15.9 Å². The van der Waals surface area contributed by atoms with E-state index in [1.807, 2.05) is 30.3 Å². The van der Waals surface area contributed by atoms with Crippen molar-refractivity contribution < 1.29 is 4.74 Å². The van der Waals surface area contributed by atoms with Crippen LogP contribution in [0, 0.1) is 0 Å². The number of benzene rings is 1. The van der Waals surface area contributed by atoms with Crippen LogP contribution < -0.4 is 15.8 Å². The van der Waals surface area contributed by atoms with Crippen LogP contribution in [0.3, 0.4) is 0 Å². The molecular weight excluding hydrogens is 294 g/mol. The first kappa shape index (κ1) is 12.7. The van der Waals surface area contributed by atoms with Crippen LogP contribution in [0.5, 0.6) is 5.75 Å². The Balaban J connectivity index is 2.02. The summed E-state index contributed by atoms with van der Waals surface area (Å²) in [6.07, 6.45) is 1.75. The molecule has 0 fully saturated rings. The van der Waals surface area contributed by atoms with Crippen molar-refractivity contribution >= 4 is 27.4 Å². The fraction of sp³-hybridized carbons (Fsp3) is 0.154. The Morgan fingerprint density at radius 2 is 2.17 bits per heavy atom. The van der Waals surface area contributed by atoms with E-state index >= 15 is 0 Å². The van der Waals surface area contributed by atoms with Gasteiger partial charge in [-0.15, -0.1) is 0 Å². The van der Waals surface area contributed by atoms with E-state index in [0.29, 0.717) is 18.0 Å². The number of methoxy groups -OCH3 is 1. The van der Waals surface area contributed by atoms with E-state index in [4.69, 9.17) is 10.5 Å². The molecule has 1 aromatic heterocycles. The van der Waals surface area contributed by atoms with E-state index in [-0.39, 0.29) is 0 Å². The molecule has 0 saturated heterocycles. The second kappa shape index (κ2) is 5.73. The van der Waals surface area contributed by atoms with Crippen LogP contribution in [0.25, 0.3) is 0 Å². The van der Waals surface area contributed by atoms with Gasteiger partial charge in [0.2, 0.25) is 0 Å². The minimum atomic E-state index is 0.639. The van der Waals surface area contributed by atoms with Gasteiger partial charge >= 0.3 is 0 Å². The maximum absolute atomic E-state index is 5.85. The first-order valence-corrected chi connectivity index (χ1v) is 6.26. The van der Waals surface area contributed by atoms with E-state index in [2.05, 4.69) is 26.2 Å².